The predicted octanol–water partition coefficient (Wildman–Crippen LogP) is 11.8. The lowest BCUT2D eigenvalue weighted by molar-refractivity contribution is 0.628. The van der Waals surface area contributed by atoms with Crippen molar-refractivity contribution in [2.75, 3.05) is 0 Å². The topological polar surface area (TPSA) is 26.0 Å². The molecular formula is C46H27NO. The predicted molar refractivity (Wildman–Crippen MR) is 196 cm³/mol. The van der Waals surface area contributed by atoms with Gasteiger partial charge in [0.05, 0.1) is 11.1 Å². The Labute approximate surface area is 277 Å². The van der Waals surface area contributed by atoms with Crippen LogP contribution in [0.4, 0.5) is 0 Å². The summed E-state index contributed by atoms with van der Waals surface area (Å²) in [7, 11) is 0. The summed E-state index contributed by atoms with van der Waals surface area (Å²) in [5.41, 5.74) is 13.6. The molecule has 222 valence electrons. The van der Waals surface area contributed by atoms with Crippen molar-refractivity contribution in [3.8, 4) is 44.8 Å². The second-order valence-electron chi connectivity index (χ2n) is 13.0. The van der Waals surface area contributed by atoms with Gasteiger partial charge in [-0.1, -0.05) is 140 Å². The van der Waals surface area contributed by atoms with Crippen LogP contribution in [-0.4, -0.2) is 4.98 Å². The Hall–Kier alpha value is -6.25. The molecule has 0 saturated carbocycles. The van der Waals surface area contributed by atoms with E-state index in [0.29, 0.717) is 0 Å². The second-order valence-corrected chi connectivity index (χ2v) is 13.0. The van der Waals surface area contributed by atoms with Gasteiger partial charge in [0.1, 0.15) is 11.3 Å². The minimum absolute atomic E-state index is 0.553. The number of hydrogen-bond donors (Lipinski definition) is 0. The lowest BCUT2D eigenvalue weighted by Crippen LogP contribution is -2.26. The van der Waals surface area contributed by atoms with Gasteiger partial charge in [-0.2, -0.15) is 0 Å². The van der Waals surface area contributed by atoms with Gasteiger partial charge in [0.25, 0.3) is 0 Å². The average Bonchev–Trinajstić information content (AvgIpc) is 3.77. The largest absolute Gasteiger partial charge is 0.456 e. The first-order chi connectivity index (χ1) is 23.8. The number of fused-ring (bicyclic) bond motifs is 14. The lowest BCUT2D eigenvalue weighted by atomic mass is 9.70. The molecule has 2 heterocycles. The van der Waals surface area contributed by atoms with Crippen molar-refractivity contribution in [1.29, 1.82) is 0 Å². The van der Waals surface area contributed by atoms with Crippen molar-refractivity contribution in [2.24, 2.45) is 0 Å². The third-order valence-corrected chi connectivity index (χ3v) is 10.7. The molecule has 11 rings (SSSR count). The Kier molecular flexibility index (Phi) is 5.07. The van der Waals surface area contributed by atoms with Crippen LogP contribution in [0, 0.1) is 0 Å². The van der Waals surface area contributed by atoms with Crippen molar-refractivity contribution < 1.29 is 4.42 Å². The van der Waals surface area contributed by atoms with Crippen molar-refractivity contribution >= 4 is 32.5 Å². The van der Waals surface area contributed by atoms with E-state index in [2.05, 4.69) is 158 Å². The van der Waals surface area contributed by atoms with Crippen molar-refractivity contribution in [3.05, 3.63) is 186 Å². The molecule has 0 N–H and O–H groups in total. The highest BCUT2D eigenvalue weighted by Crippen LogP contribution is 2.65. The third kappa shape index (κ3) is 3.15. The van der Waals surface area contributed by atoms with E-state index in [1.54, 1.807) is 0 Å². The quantitative estimate of drug-likeness (QED) is 0.182. The highest BCUT2D eigenvalue weighted by molar-refractivity contribution is 6.21. The van der Waals surface area contributed by atoms with E-state index in [9.17, 15) is 0 Å². The van der Waals surface area contributed by atoms with Gasteiger partial charge in [-0.3, -0.25) is 4.98 Å². The number of nitrogens with zero attached hydrogens (tertiary/aromatic N) is 1. The van der Waals surface area contributed by atoms with Gasteiger partial charge < -0.3 is 4.42 Å². The Bertz CT molecular complexity index is 2730. The van der Waals surface area contributed by atoms with E-state index in [4.69, 9.17) is 9.40 Å². The molecule has 0 bridgehead atoms. The maximum Gasteiger partial charge on any atom is 0.140 e. The number of aromatic nitrogens is 1. The number of benzene rings is 7. The average molecular weight is 610 g/mol. The number of rotatable bonds is 2. The molecule has 2 heteroatoms. The van der Waals surface area contributed by atoms with Gasteiger partial charge in [-0.05, 0) is 78.7 Å². The van der Waals surface area contributed by atoms with Crippen LogP contribution in [0.2, 0.25) is 0 Å². The first-order valence-corrected chi connectivity index (χ1v) is 16.6. The van der Waals surface area contributed by atoms with Crippen LogP contribution in [0.25, 0.3) is 77.3 Å². The van der Waals surface area contributed by atoms with E-state index in [-0.39, 0.29) is 0 Å². The van der Waals surface area contributed by atoms with Crippen LogP contribution in [0.15, 0.2) is 168 Å². The molecule has 2 aliphatic rings. The number of para-hydroxylation sites is 1. The highest BCUT2D eigenvalue weighted by atomic mass is 16.3. The molecule has 1 unspecified atom stereocenters. The molecule has 0 amide bonds. The summed E-state index contributed by atoms with van der Waals surface area (Å²) in [4.78, 5) is 5.05. The third-order valence-electron chi connectivity index (χ3n) is 10.7. The van der Waals surface area contributed by atoms with Crippen LogP contribution in [0.5, 0.6) is 0 Å². The summed E-state index contributed by atoms with van der Waals surface area (Å²) in [5, 5.41) is 6.16. The van der Waals surface area contributed by atoms with Gasteiger partial charge in [-0.15, -0.1) is 0 Å². The fraction of sp³-hybridized carbons (Fsp3) is 0.0217. The second kappa shape index (κ2) is 9.40. The zero-order valence-electron chi connectivity index (χ0n) is 25.9. The molecule has 48 heavy (non-hydrogen) atoms. The van der Waals surface area contributed by atoms with Gasteiger partial charge in [0.2, 0.25) is 0 Å². The fourth-order valence-corrected chi connectivity index (χ4v) is 8.95. The van der Waals surface area contributed by atoms with E-state index in [1.807, 2.05) is 6.20 Å². The van der Waals surface area contributed by atoms with Crippen LogP contribution < -0.4 is 0 Å². The maximum atomic E-state index is 6.72. The van der Waals surface area contributed by atoms with E-state index in [1.165, 1.54) is 71.6 Å². The van der Waals surface area contributed by atoms with E-state index < -0.39 is 5.41 Å². The molecular weight excluding hydrogens is 583 g/mol. The van der Waals surface area contributed by atoms with Gasteiger partial charge in [-0.25, -0.2) is 0 Å². The first kappa shape index (κ1) is 25.9. The zero-order valence-corrected chi connectivity index (χ0v) is 25.9. The molecule has 2 aliphatic carbocycles. The number of furan rings is 1. The first-order valence-electron chi connectivity index (χ1n) is 16.6. The van der Waals surface area contributed by atoms with Gasteiger partial charge in [0, 0.05) is 28.3 Å². The summed E-state index contributed by atoms with van der Waals surface area (Å²) in [6, 6.07) is 57.3. The fourth-order valence-electron chi connectivity index (χ4n) is 8.95. The van der Waals surface area contributed by atoms with Crippen LogP contribution >= 0.6 is 0 Å². The zero-order chi connectivity index (χ0) is 31.4. The summed E-state index contributed by atoms with van der Waals surface area (Å²) in [5.74, 6) is 0.961. The summed E-state index contributed by atoms with van der Waals surface area (Å²) in [6.45, 7) is 0. The van der Waals surface area contributed by atoms with Crippen molar-refractivity contribution in [1.82, 2.24) is 4.98 Å². The minimum atomic E-state index is -0.553. The Balaban J connectivity index is 1.28. The summed E-state index contributed by atoms with van der Waals surface area (Å²) in [6.07, 6.45) is 1.92. The molecule has 7 aromatic carbocycles. The molecule has 0 saturated heterocycles. The monoisotopic (exact) mass is 609 g/mol. The standard InChI is InChI=1S/C46H27NO/c1-2-13-28(14-3-1)41-30-15-4-6-17-32(30)42(33-18-7-5-16-31(33)41)29-24-25-34-39(27-29)46(38-22-12-26-47-44(34)38)37-21-10-8-19-35(37)45-43(46)36-20-9-11-23-40(36)48-45/h1-27H. The molecule has 0 fully saturated rings. The van der Waals surface area contributed by atoms with Crippen LogP contribution in [0.3, 0.4) is 0 Å². The van der Waals surface area contributed by atoms with Crippen LogP contribution in [-0.2, 0) is 5.41 Å². The Morgan fingerprint density at radius 1 is 0.438 bits per heavy atom. The van der Waals surface area contributed by atoms with Gasteiger partial charge >= 0.3 is 0 Å². The molecule has 2 nitrogen and oxygen atoms in total. The molecule has 9 aromatic rings. The minimum Gasteiger partial charge on any atom is -0.456 e. The molecule has 1 atom stereocenters. The maximum absolute atomic E-state index is 6.72. The van der Waals surface area contributed by atoms with Gasteiger partial charge in [0.15, 0.2) is 0 Å². The van der Waals surface area contributed by atoms with E-state index >= 15 is 0 Å². The Morgan fingerprint density at radius 2 is 1.04 bits per heavy atom. The summed E-state index contributed by atoms with van der Waals surface area (Å²) >= 11 is 0. The summed E-state index contributed by atoms with van der Waals surface area (Å²) < 4.78 is 6.72. The number of hydrogen-bond acceptors (Lipinski definition) is 2. The van der Waals surface area contributed by atoms with E-state index in [0.717, 1.165) is 28.0 Å². The number of pyridine rings is 1. The lowest BCUT2D eigenvalue weighted by Gasteiger charge is -2.30. The van der Waals surface area contributed by atoms with Crippen molar-refractivity contribution in [2.45, 2.75) is 5.41 Å². The smallest absolute Gasteiger partial charge is 0.140 e. The molecule has 0 aliphatic heterocycles. The molecule has 2 aromatic heterocycles. The highest BCUT2D eigenvalue weighted by Gasteiger charge is 2.55. The molecule has 0 radical (unpaired) electrons. The Morgan fingerprint density at radius 3 is 1.79 bits per heavy atom. The molecule has 1 spiro atoms. The van der Waals surface area contributed by atoms with Crippen molar-refractivity contribution in [3.63, 3.8) is 0 Å². The SMILES string of the molecule is c1ccc(-c2c3ccccc3c(-c3ccc4c(c3)C3(c5ccccc5-c5oc6ccccc6c53)c3cccnc3-4)c3ccccc23)cc1. The normalized spacial score (nSPS) is 15.6. The van der Waals surface area contributed by atoms with Crippen LogP contribution in [0.1, 0.15) is 22.3 Å².